The van der Waals surface area contributed by atoms with Crippen LogP contribution in [0.1, 0.15) is 56.9 Å². The largest absolute Gasteiger partial charge is 0.492 e. The van der Waals surface area contributed by atoms with E-state index in [0.29, 0.717) is 19.4 Å². The highest BCUT2D eigenvalue weighted by Crippen LogP contribution is 2.50. The van der Waals surface area contributed by atoms with Gasteiger partial charge in [-0.25, -0.2) is 0 Å². The molecule has 0 N–H and O–H groups in total. The normalized spacial score (nSPS) is 25.1. The van der Waals surface area contributed by atoms with Crippen LogP contribution in [-0.2, 0) is 9.59 Å². The topological polar surface area (TPSA) is 55.7 Å². The van der Waals surface area contributed by atoms with Gasteiger partial charge in [-0.1, -0.05) is 15.9 Å². The predicted molar refractivity (Wildman–Crippen MR) is 111 cm³/mol. The fourth-order valence-corrected chi connectivity index (χ4v) is 5.92. The standard InChI is InChI=1S/C21H21Br2NO3/c1-2-27-21-12(9-11(22)10-13(21)23)18-19-14(5-3-7-16(19)25)24-15-6-4-8-17(26)20(15)18/h9-10,18-19H,2-8H2,1H3/t18-,19?/m1/s1. The van der Waals surface area contributed by atoms with Gasteiger partial charge < -0.3 is 4.74 Å². The minimum atomic E-state index is -0.347. The second-order valence-electron chi connectivity index (χ2n) is 7.25. The van der Waals surface area contributed by atoms with Crippen LogP contribution in [0.4, 0.5) is 0 Å². The number of ketones is 2. The first-order chi connectivity index (χ1) is 13.0. The Labute approximate surface area is 175 Å². The second kappa shape index (κ2) is 7.63. The highest BCUT2D eigenvalue weighted by Gasteiger charge is 2.45. The van der Waals surface area contributed by atoms with Gasteiger partial charge in [0.2, 0.25) is 0 Å². The molecule has 1 fully saturated rings. The minimum absolute atomic E-state index is 0.126. The summed E-state index contributed by atoms with van der Waals surface area (Å²) in [4.78, 5) is 30.7. The molecule has 6 heteroatoms. The van der Waals surface area contributed by atoms with Gasteiger partial charge in [-0.05, 0) is 60.7 Å². The van der Waals surface area contributed by atoms with Crippen LogP contribution in [0.25, 0.3) is 0 Å². The Balaban J connectivity index is 1.96. The van der Waals surface area contributed by atoms with Gasteiger partial charge in [0, 0.05) is 45.8 Å². The summed E-state index contributed by atoms with van der Waals surface area (Å²) in [6.07, 6.45) is 4.40. The number of allylic oxidation sites excluding steroid dienone is 2. The van der Waals surface area contributed by atoms with Crippen LogP contribution < -0.4 is 4.74 Å². The number of nitrogens with zero attached hydrogens (tertiary/aromatic N) is 1. The lowest BCUT2D eigenvalue weighted by molar-refractivity contribution is -0.122. The van der Waals surface area contributed by atoms with E-state index in [0.717, 1.165) is 62.9 Å². The van der Waals surface area contributed by atoms with Crippen molar-refractivity contribution >= 4 is 49.1 Å². The number of benzene rings is 1. The first-order valence-electron chi connectivity index (χ1n) is 9.49. The van der Waals surface area contributed by atoms with Crippen molar-refractivity contribution in [1.82, 2.24) is 0 Å². The minimum Gasteiger partial charge on any atom is -0.492 e. The number of halogens is 2. The van der Waals surface area contributed by atoms with Crippen LogP contribution in [-0.4, -0.2) is 23.9 Å². The first kappa shape index (κ1) is 19.1. The number of rotatable bonds is 3. The Morgan fingerprint density at radius 2 is 1.85 bits per heavy atom. The molecule has 0 spiro atoms. The van der Waals surface area contributed by atoms with Crippen molar-refractivity contribution in [3.05, 3.63) is 37.9 Å². The van der Waals surface area contributed by atoms with E-state index in [-0.39, 0.29) is 23.4 Å². The van der Waals surface area contributed by atoms with Crippen LogP contribution >= 0.6 is 31.9 Å². The third kappa shape index (κ3) is 3.35. The molecule has 4 rings (SSSR count). The van der Waals surface area contributed by atoms with E-state index in [4.69, 9.17) is 9.73 Å². The summed E-state index contributed by atoms with van der Waals surface area (Å²) in [7, 11) is 0. The molecule has 1 unspecified atom stereocenters. The number of ether oxygens (including phenoxy) is 1. The van der Waals surface area contributed by atoms with E-state index in [1.165, 1.54) is 0 Å². The molecule has 3 aliphatic rings. The van der Waals surface area contributed by atoms with E-state index in [9.17, 15) is 9.59 Å². The van der Waals surface area contributed by atoms with Gasteiger partial charge in [0.1, 0.15) is 11.5 Å². The summed E-state index contributed by atoms with van der Waals surface area (Å²) in [5, 5.41) is 0. The fourth-order valence-electron chi connectivity index (χ4n) is 4.54. The maximum Gasteiger partial charge on any atom is 0.161 e. The lowest BCUT2D eigenvalue weighted by atomic mass is 9.67. The Bertz CT molecular complexity index is 888. The highest BCUT2D eigenvalue weighted by atomic mass is 79.9. The molecule has 142 valence electrons. The van der Waals surface area contributed by atoms with Gasteiger partial charge in [0.25, 0.3) is 0 Å². The number of aliphatic imine (C=N–C) groups is 1. The maximum absolute atomic E-state index is 13.0. The van der Waals surface area contributed by atoms with Gasteiger partial charge in [0.15, 0.2) is 5.78 Å². The Hall–Kier alpha value is -1.27. The van der Waals surface area contributed by atoms with Crippen molar-refractivity contribution < 1.29 is 14.3 Å². The Morgan fingerprint density at radius 1 is 1.07 bits per heavy atom. The molecule has 1 aromatic rings. The molecule has 2 aliphatic carbocycles. The summed E-state index contributed by atoms with van der Waals surface area (Å²) in [6, 6.07) is 3.94. The molecule has 4 nitrogen and oxygen atoms in total. The number of fused-ring (bicyclic) bond motifs is 1. The fraction of sp³-hybridized carbons (Fsp3) is 0.476. The van der Waals surface area contributed by atoms with Crippen molar-refractivity contribution in [2.24, 2.45) is 10.9 Å². The smallest absolute Gasteiger partial charge is 0.161 e. The summed E-state index contributed by atoms with van der Waals surface area (Å²) in [5.74, 6) is 0.383. The zero-order valence-electron chi connectivity index (χ0n) is 15.2. The van der Waals surface area contributed by atoms with E-state index in [1.807, 2.05) is 19.1 Å². The van der Waals surface area contributed by atoms with Crippen molar-refractivity contribution in [3.63, 3.8) is 0 Å². The highest BCUT2D eigenvalue weighted by molar-refractivity contribution is 9.11. The van der Waals surface area contributed by atoms with E-state index >= 15 is 0 Å². The zero-order valence-corrected chi connectivity index (χ0v) is 18.4. The summed E-state index contributed by atoms with van der Waals surface area (Å²) in [5.41, 5.74) is 3.46. The molecule has 2 atom stereocenters. The van der Waals surface area contributed by atoms with Crippen LogP contribution in [0.2, 0.25) is 0 Å². The average molecular weight is 495 g/mol. The Kier molecular flexibility index (Phi) is 5.39. The lowest BCUT2D eigenvalue weighted by Crippen LogP contribution is -2.39. The van der Waals surface area contributed by atoms with Crippen molar-refractivity contribution in [2.45, 2.75) is 51.4 Å². The lowest BCUT2D eigenvalue weighted by Gasteiger charge is -2.38. The van der Waals surface area contributed by atoms with Gasteiger partial charge in [-0.15, -0.1) is 0 Å². The van der Waals surface area contributed by atoms with Crippen molar-refractivity contribution in [3.8, 4) is 5.75 Å². The third-order valence-corrected chi connectivity index (χ3v) is 6.62. The molecular weight excluding hydrogens is 474 g/mol. The van der Waals surface area contributed by atoms with Gasteiger partial charge in [-0.2, -0.15) is 0 Å². The van der Waals surface area contributed by atoms with Crippen LogP contribution in [0.15, 0.2) is 37.3 Å². The quantitative estimate of drug-likeness (QED) is 0.555. The first-order valence-corrected chi connectivity index (χ1v) is 11.1. The molecule has 0 saturated heterocycles. The number of hydrogen-bond acceptors (Lipinski definition) is 4. The second-order valence-corrected chi connectivity index (χ2v) is 9.02. The molecule has 0 radical (unpaired) electrons. The maximum atomic E-state index is 13.0. The molecule has 1 aliphatic heterocycles. The number of Topliss-reactive ketones (excluding diaryl/α,β-unsaturated/α-hetero) is 2. The molecular formula is C21H21Br2NO3. The van der Waals surface area contributed by atoms with Crippen LogP contribution in [0.3, 0.4) is 0 Å². The van der Waals surface area contributed by atoms with E-state index < -0.39 is 0 Å². The average Bonchev–Trinajstić information content (AvgIpc) is 2.63. The summed E-state index contributed by atoms with van der Waals surface area (Å²) >= 11 is 7.17. The van der Waals surface area contributed by atoms with Crippen LogP contribution in [0.5, 0.6) is 5.75 Å². The van der Waals surface area contributed by atoms with E-state index in [1.54, 1.807) is 0 Å². The van der Waals surface area contributed by atoms with Crippen LogP contribution in [0, 0.1) is 5.92 Å². The Morgan fingerprint density at radius 3 is 2.63 bits per heavy atom. The SMILES string of the molecule is CCOc1c(Br)cc(Br)cc1[C@H]1C2=C(CCCC2=O)N=C2CCCC(=O)C21. The number of hydrogen-bond donors (Lipinski definition) is 0. The molecule has 27 heavy (non-hydrogen) atoms. The summed E-state index contributed by atoms with van der Waals surface area (Å²) in [6.45, 7) is 2.45. The van der Waals surface area contributed by atoms with Crippen molar-refractivity contribution in [2.75, 3.05) is 6.61 Å². The van der Waals surface area contributed by atoms with E-state index in [2.05, 4.69) is 31.9 Å². The molecule has 1 aromatic carbocycles. The number of carbonyl (C=O) groups is 2. The van der Waals surface area contributed by atoms with Gasteiger partial charge >= 0.3 is 0 Å². The molecule has 0 aromatic heterocycles. The molecule has 0 bridgehead atoms. The predicted octanol–water partition coefficient (Wildman–Crippen LogP) is 5.52. The molecule has 1 saturated carbocycles. The van der Waals surface area contributed by atoms with Crippen molar-refractivity contribution in [1.29, 1.82) is 0 Å². The molecule has 0 amide bonds. The monoisotopic (exact) mass is 493 g/mol. The van der Waals surface area contributed by atoms with Gasteiger partial charge in [-0.3, -0.25) is 14.6 Å². The number of carbonyl (C=O) groups excluding carboxylic acids is 2. The molecule has 1 heterocycles. The van der Waals surface area contributed by atoms with Gasteiger partial charge in [0.05, 0.1) is 17.0 Å². The zero-order chi connectivity index (χ0) is 19.1. The summed E-state index contributed by atoms with van der Waals surface area (Å²) < 4.78 is 7.67. The third-order valence-electron chi connectivity index (χ3n) is 5.57.